The summed E-state index contributed by atoms with van der Waals surface area (Å²) in [6, 6.07) is 14.2. The Morgan fingerprint density at radius 3 is 2.59 bits per heavy atom. The molecule has 140 valence electrons. The van der Waals surface area contributed by atoms with Crippen molar-refractivity contribution in [1.82, 2.24) is 5.32 Å². The quantitative estimate of drug-likeness (QED) is 0.559. The van der Waals surface area contributed by atoms with Gasteiger partial charge in [-0.2, -0.15) is 0 Å². The third kappa shape index (κ3) is 4.71. The molecule has 0 aliphatic rings. The molecule has 6 nitrogen and oxygen atoms in total. The fourth-order valence-electron chi connectivity index (χ4n) is 2.34. The van der Waals surface area contributed by atoms with Crippen LogP contribution in [0.1, 0.15) is 16.1 Å². The lowest BCUT2D eigenvalue weighted by molar-refractivity contribution is 0.0949. The number of anilines is 1. The summed E-state index contributed by atoms with van der Waals surface area (Å²) in [5.74, 6) is 0.148. The molecule has 1 heterocycles. The molecule has 9 heteroatoms. The number of benzene rings is 2. The average molecular weight is 470 g/mol. The molecule has 0 fully saturated rings. The lowest BCUT2D eigenvalue weighted by atomic mass is 10.1. The molecule has 0 spiro atoms. The molecule has 0 atom stereocenters. The van der Waals surface area contributed by atoms with Gasteiger partial charge in [-0.3, -0.25) is 9.52 Å². The Labute approximate surface area is 169 Å². The largest absolute Gasteiger partial charge is 0.467 e. The first-order valence-electron chi connectivity index (χ1n) is 7.74. The van der Waals surface area contributed by atoms with E-state index in [4.69, 9.17) is 16.0 Å². The first-order valence-corrected chi connectivity index (χ1v) is 10.4. The van der Waals surface area contributed by atoms with Gasteiger partial charge in [0.25, 0.3) is 15.9 Å². The van der Waals surface area contributed by atoms with Crippen molar-refractivity contribution < 1.29 is 17.6 Å². The molecular formula is C18H14BrClN2O4S. The fourth-order valence-corrected chi connectivity index (χ4v) is 4.46. The monoisotopic (exact) mass is 468 g/mol. The van der Waals surface area contributed by atoms with Crippen molar-refractivity contribution >= 4 is 49.1 Å². The lowest BCUT2D eigenvalue weighted by Gasteiger charge is -2.13. The van der Waals surface area contributed by atoms with E-state index in [0.29, 0.717) is 10.2 Å². The molecule has 0 unspecified atom stereocenters. The van der Waals surface area contributed by atoms with E-state index in [-0.39, 0.29) is 27.7 Å². The van der Waals surface area contributed by atoms with E-state index in [1.54, 1.807) is 30.3 Å². The molecular weight excluding hydrogens is 456 g/mol. The Kier molecular flexibility index (Phi) is 5.88. The van der Waals surface area contributed by atoms with Crippen LogP contribution in [0.15, 0.2) is 74.6 Å². The third-order valence-corrected chi connectivity index (χ3v) is 5.94. The molecule has 0 bridgehead atoms. The normalized spacial score (nSPS) is 11.2. The van der Waals surface area contributed by atoms with E-state index in [0.717, 1.165) is 0 Å². The van der Waals surface area contributed by atoms with Gasteiger partial charge < -0.3 is 9.73 Å². The van der Waals surface area contributed by atoms with Crippen LogP contribution in [0.5, 0.6) is 0 Å². The van der Waals surface area contributed by atoms with E-state index in [1.165, 1.54) is 30.5 Å². The minimum absolute atomic E-state index is 0.0663. The van der Waals surface area contributed by atoms with E-state index >= 15 is 0 Å². The number of hydrogen-bond acceptors (Lipinski definition) is 4. The van der Waals surface area contributed by atoms with Crippen LogP contribution in [0.2, 0.25) is 5.02 Å². The van der Waals surface area contributed by atoms with Gasteiger partial charge in [-0.1, -0.05) is 39.7 Å². The second-order valence-corrected chi connectivity index (χ2v) is 8.46. The van der Waals surface area contributed by atoms with Gasteiger partial charge in [-0.15, -0.1) is 0 Å². The molecule has 3 rings (SSSR count). The number of para-hydroxylation sites is 1. The maximum absolute atomic E-state index is 12.7. The van der Waals surface area contributed by atoms with Gasteiger partial charge in [0.2, 0.25) is 0 Å². The van der Waals surface area contributed by atoms with Crippen LogP contribution in [-0.4, -0.2) is 14.3 Å². The Balaban J connectivity index is 1.84. The summed E-state index contributed by atoms with van der Waals surface area (Å²) in [6.45, 7) is 0.186. The first-order chi connectivity index (χ1) is 12.9. The van der Waals surface area contributed by atoms with Crippen molar-refractivity contribution in [3.63, 3.8) is 0 Å². The molecule has 0 saturated carbocycles. The van der Waals surface area contributed by atoms with Crippen LogP contribution in [-0.2, 0) is 16.6 Å². The number of carbonyl (C=O) groups excluding carboxylic acids is 1. The molecule has 2 N–H and O–H groups in total. The standard InChI is InChI=1S/C18H14BrClN2O4S/c19-12-7-8-17(15(20)10-12)27(24,25)22-16-6-2-1-5-14(16)18(23)21-11-13-4-3-9-26-13/h1-10,22H,11H2,(H,21,23). The molecule has 27 heavy (non-hydrogen) atoms. The van der Waals surface area contributed by atoms with Crippen molar-refractivity contribution in [1.29, 1.82) is 0 Å². The first kappa shape index (κ1) is 19.5. The second kappa shape index (κ2) is 8.16. The summed E-state index contributed by atoms with van der Waals surface area (Å²) >= 11 is 9.28. The van der Waals surface area contributed by atoms with E-state index in [2.05, 4.69) is 26.0 Å². The Morgan fingerprint density at radius 1 is 1.11 bits per heavy atom. The smallest absolute Gasteiger partial charge is 0.263 e. The molecule has 3 aromatic rings. The van der Waals surface area contributed by atoms with Gasteiger partial charge in [-0.05, 0) is 42.5 Å². The Bertz CT molecular complexity index is 1070. The predicted molar refractivity (Wildman–Crippen MR) is 106 cm³/mol. The van der Waals surface area contributed by atoms with Crippen LogP contribution in [0.4, 0.5) is 5.69 Å². The second-order valence-electron chi connectivity index (χ2n) is 5.49. The highest BCUT2D eigenvalue weighted by atomic mass is 79.9. The van der Waals surface area contributed by atoms with Gasteiger partial charge in [0.15, 0.2) is 0 Å². The fraction of sp³-hybridized carbons (Fsp3) is 0.0556. The molecule has 0 aliphatic carbocycles. The number of amides is 1. The lowest BCUT2D eigenvalue weighted by Crippen LogP contribution is -2.24. The molecule has 1 aromatic heterocycles. The molecule has 1 amide bonds. The van der Waals surface area contributed by atoms with Crippen molar-refractivity contribution in [2.75, 3.05) is 4.72 Å². The maximum atomic E-state index is 12.7. The number of sulfonamides is 1. The molecule has 0 aliphatic heterocycles. The van der Waals surface area contributed by atoms with Crippen LogP contribution in [0.25, 0.3) is 0 Å². The van der Waals surface area contributed by atoms with E-state index < -0.39 is 15.9 Å². The minimum atomic E-state index is -3.98. The number of furan rings is 1. The summed E-state index contributed by atoms with van der Waals surface area (Å²) in [4.78, 5) is 12.4. The zero-order valence-electron chi connectivity index (χ0n) is 13.8. The van der Waals surface area contributed by atoms with Crippen LogP contribution in [0.3, 0.4) is 0 Å². The van der Waals surface area contributed by atoms with Gasteiger partial charge in [0.1, 0.15) is 10.7 Å². The predicted octanol–water partition coefficient (Wildman–Crippen LogP) is 4.43. The summed E-state index contributed by atoms with van der Waals surface area (Å²) in [6.07, 6.45) is 1.51. The Hall–Kier alpha value is -2.29. The number of halogens is 2. The number of carbonyl (C=O) groups is 1. The number of hydrogen-bond donors (Lipinski definition) is 2. The van der Waals surface area contributed by atoms with Crippen molar-refractivity contribution in [3.8, 4) is 0 Å². The zero-order chi connectivity index (χ0) is 19.4. The maximum Gasteiger partial charge on any atom is 0.263 e. The van der Waals surface area contributed by atoms with Crippen molar-refractivity contribution in [2.45, 2.75) is 11.4 Å². The average Bonchev–Trinajstić information content (AvgIpc) is 3.13. The van der Waals surface area contributed by atoms with E-state index in [1.807, 2.05) is 0 Å². The van der Waals surface area contributed by atoms with Crippen LogP contribution < -0.4 is 10.0 Å². The summed E-state index contributed by atoms with van der Waals surface area (Å²) in [5, 5.41) is 2.75. The van der Waals surface area contributed by atoms with Gasteiger partial charge >= 0.3 is 0 Å². The van der Waals surface area contributed by atoms with E-state index in [9.17, 15) is 13.2 Å². The van der Waals surface area contributed by atoms with Crippen LogP contribution in [0, 0.1) is 0 Å². The van der Waals surface area contributed by atoms with Crippen molar-refractivity contribution in [3.05, 3.63) is 81.7 Å². The number of nitrogens with one attached hydrogen (secondary N) is 2. The van der Waals surface area contributed by atoms with Gasteiger partial charge in [-0.25, -0.2) is 8.42 Å². The van der Waals surface area contributed by atoms with Gasteiger partial charge in [0.05, 0.1) is 29.1 Å². The molecule has 0 radical (unpaired) electrons. The van der Waals surface area contributed by atoms with Crippen molar-refractivity contribution in [2.24, 2.45) is 0 Å². The summed E-state index contributed by atoms with van der Waals surface area (Å²) in [5.41, 5.74) is 0.328. The SMILES string of the molecule is O=C(NCc1ccco1)c1ccccc1NS(=O)(=O)c1ccc(Br)cc1Cl. The summed E-state index contributed by atoms with van der Waals surface area (Å²) < 4.78 is 33.6. The Morgan fingerprint density at radius 2 is 1.89 bits per heavy atom. The highest BCUT2D eigenvalue weighted by Crippen LogP contribution is 2.28. The third-order valence-electron chi connectivity index (χ3n) is 3.60. The van der Waals surface area contributed by atoms with Crippen LogP contribution >= 0.6 is 27.5 Å². The zero-order valence-corrected chi connectivity index (χ0v) is 16.9. The van der Waals surface area contributed by atoms with Gasteiger partial charge in [0, 0.05) is 4.47 Å². The number of rotatable bonds is 6. The summed E-state index contributed by atoms with van der Waals surface area (Å²) in [7, 11) is -3.98. The topological polar surface area (TPSA) is 88.4 Å². The highest BCUT2D eigenvalue weighted by molar-refractivity contribution is 9.10. The minimum Gasteiger partial charge on any atom is -0.467 e. The molecule has 2 aromatic carbocycles. The highest BCUT2D eigenvalue weighted by Gasteiger charge is 2.21. The molecule has 0 saturated heterocycles.